The fourth-order valence-electron chi connectivity index (χ4n) is 7.41. The van der Waals surface area contributed by atoms with E-state index in [1.807, 2.05) is 12.1 Å². The molecule has 3 atom stereocenters. The minimum absolute atomic E-state index is 0.138. The summed E-state index contributed by atoms with van der Waals surface area (Å²) in [4.78, 5) is 15.4. The number of benzene rings is 4. The molecule has 2 unspecified atom stereocenters. The molecule has 1 aliphatic carbocycles. The van der Waals surface area contributed by atoms with Gasteiger partial charge >= 0.3 is 0 Å². The molecule has 3 fully saturated rings. The normalized spacial score (nSPS) is 22.1. The number of fused-ring (bicyclic) bond motifs is 3. The van der Waals surface area contributed by atoms with Crippen LogP contribution in [0.25, 0.3) is 10.8 Å². The third-order valence-corrected chi connectivity index (χ3v) is 11.2. The third-order valence-electron chi connectivity index (χ3n) is 9.82. The summed E-state index contributed by atoms with van der Waals surface area (Å²) in [6, 6.07) is 20.6. The predicted molar refractivity (Wildman–Crippen MR) is 179 cm³/mol. The maximum Gasteiger partial charge on any atom is 0.298 e. The minimum atomic E-state index is -4.59. The van der Waals surface area contributed by atoms with Crippen LogP contribution in [0.3, 0.4) is 0 Å². The second kappa shape index (κ2) is 13.1. The van der Waals surface area contributed by atoms with E-state index < -0.39 is 33.5 Å². The van der Waals surface area contributed by atoms with Crippen LogP contribution in [-0.2, 0) is 20.7 Å². The van der Waals surface area contributed by atoms with Crippen molar-refractivity contribution in [1.82, 2.24) is 9.62 Å². The van der Waals surface area contributed by atoms with Gasteiger partial charge in [-0.3, -0.25) is 4.79 Å². The maximum atomic E-state index is 16.6. The van der Waals surface area contributed by atoms with Crippen LogP contribution in [0.4, 0.5) is 8.78 Å². The molecule has 4 aromatic rings. The van der Waals surface area contributed by atoms with Crippen LogP contribution >= 0.6 is 0 Å². The highest BCUT2D eigenvalue weighted by atomic mass is 32.2. The first-order valence-corrected chi connectivity index (χ1v) is 18.1. The van der Waals surface area contributed by atoms with E-state index in [0.717, 1.165) is 43.2 Å². The molecule has 11 heteroatoms. The quantitative estimate of drug-likeness (QED) is 0.190. The van der Waals surface area contributed by atoms with E-state index in [-0.39, 0.29) is 29.1 Å². The SMILES string of the molecule is NC1CC2CCC(C1)N2C(=O)[C@@H](NS(=O)(=O)c1ccc2cc(OC3CCCC3)ccc2c1)C(F)(F)c1ccc(Oc2ccccc2)cc1. The number of carbonyl (C=O) groups is 1. The first-order valence-electron chi connectivity index (χ1n) is 16.6. The lowest BCUT2D eigenvalue weighted by molar-refractivity contribution is -0.149. The molecular weight excluding hydrogens is 636 g/mol. The van der Waals surface area contributed by atoms with Crippen LogP contribution in [0.5, 0.6) is 17.2 Å². The first-order chi connectivity index (χ1) is 23.1. The van der Waals surface area contributed by atoms with E-state index in [4.69, 9.17) is 15.2 Å². The molecule has 1 amide bonds. The Bertz CT molecular complexity index is 1870. The zero-order chi connectivity index (χ0) is 33.5. The Balaban J connectivity index is 1.18. The van der Waals surface area contributed by atoms with Gasteiger partial charge in [-0.1, -0.05) is 30.3 Å². The zero-order valence-electron chi connectivity index (χ0n) is 26.4. The summed E-state index contributed by atoms with van der Waals surface area (Å²) in [7, 11) is -4.59. The van der Waals surface area contributed by atoms with Gasteiger partial charge in [0.15, 0.2) is 6.04 Å². The molecule has 2 heterocycles. The van der Waals surface area contributed by atoms with Crippen LogP contribution in [0.2, 0.25) is 0 Å². The second-order valence-electron chi connectivity index (χ2n) is 13.2. The highest BCUT2D eigenvalue weighted by Crippen LogP contribution is 2.40. The molecule has 2 aliphatic heterocycles. The van der Waals surface area contributed by atoms with Gasteiger partial charge in [0, 0.05) is 23.7 Å². The summed E-state index contributed by atoms with van der Waals surface area (Å²) in [6.07, 6.45) is 6.68. The molecule has 48 heavy (non-hydrogen) atoms. The summed E-state index contributed by atoms with van der Waals surface area (Å²) in [5, 5.41) is 1.35. The highest BCUT2D eigenvalue weighted by molar-refractivity contribution is 7.89. The lowest BCUT2D eigenvalue weighted by Gasteiger charge is -2.41. The molecule has 252 valence electrons. The van der Waals surface area contributed by atoms with Gasteiger partial charge in [0.25, 0.3) is 5.92 Å². The number of para-hydroxylation sites is 1. The molecule has 1 saturated carbocycles. The number of sulfonamides is 1. The summed E-state index contributed by atoms with van der Waals surface area (Å²) in [5.41, 5.74) is 5.68. The van der Waals surface area contributed by atoms with Crippen LogP contribution in [-0.4, -0.2) is 49.5 Å². The molecule has 4 aromatic carbocycles. The molecular formula is C37H39F2N3O5S. The van der Waals surface area contributed by atoms with Crippen LogP contribution in [0.1, 0.15) is 56.9 Å². The van der Waals surface area contributed by atoms with E-state index in [9.17, 15) is 13.2 Å². The van der Waals surface area contributed by atoms with Crippen molar-refractivity contribution in [3.05, 3.63) is 96.6 Å². The van der Waals surface area contributed by atoms with Gasteiger partial charge in [-0.15, -0.1) is 0 Å². The summed E-state index contributed by atoms with van der Waals surface area (Å²) >= 11 is 0. The first kappa shape index (κ1) is 32.5. The van der Waals surface area contributed by atoms with Crippen molar-refractivity contribution in [2.45, 2.75) is 92.5 Å². The topological polar surface area (TPSA) is 111 Å². The number of alkyl halides is 2. The summed E-state index contributed by atoms with van der Waals surface area (Å²) in [5.74, 6) is -3.31. The number of carbonyl (C=O) groups excluding carboxylic acids is 1. The summed E-state index contributed by atoms with van der Waals surface area (Å²) in [6.45, 7) is 0. The summed E-state index contributed by atoms with van der Waals surface area (Å²) < 4.78 is 74.9. The number of hydrogen-bond donors (Lipinski definition) is 2. The van der Waals surface area contributed by atoms with Crippen molar-refractivity contribution in [1.29, 1.82) is 0 Å². The number of nitrogens with one attached hydrogen (secondary N) is 1. The van der Waals surface area contributed by atoms with Gasteiger partial charge in [-0.25, -0.2) is 8.42 Å². The van der Waals surface area contributed by atoms with Crippen molar-refractivity contribution >= 4 is 26.7 Å². The van der Waals surface area contributed by atoms with Gasteiger partial charge < -0.3 is 20.1 Å². The number of halogens is 2. The van der Waals surface area contributed by atoms with Crippen LogP contribution in [0, 0.1) is 0 Å². The van der Waals surface area contributed by atoms with Crippen molar-refractivity contribution < 1.29 is 31.5 Å². The van der Waals surface area contributed by atoms with Crippen LogP contribution in [0.15, 0.2) is 95.9 Å². The molecule has 2 bridgehead atoms. The molecule has 3 aliphatic rings. The Kier molecular flexibility index (Phi) is 8.86. The monoisotopic (exact) mass is 675 g/mol. The van der Waals surface area contributed by atoms with Crippen LogP contribution < -0.4 is 19.9 Å². The van der Waals surface area contributed by atoms with Gasteiger partial charge in [0.05, 0.1) is 11.0 Å². The zero-order valence-corrected chi connectivity index (χ0v) is 27.3. The van der Waals surface area contributed by atoms with Crippen molar-refractivity contribution in [3.63, 3.8) is 0 Å². The van der Waals surface area contributed by atoms with E-state index in [1.54, 1.807) is 42.5 Å². The van der Waals surface area contributed by atoms with Crippen molar-refractivity contribution in [2.24, 2.45) is 5.73 Å². The van der Waals surface area contributed by atoms with Gasteiger partial charge in [0.1, 0.15) is 17.2 Å². The van der Waals surface area contributed by atoms with E-state index in [0.29, 0.717) is 48.3 Å². The Morgan fingerprint density at radius 3 is 2.10 bits per heavy atom. The predicted octanol–water partition coefficient (Wildman–Crippen LogP) is 6.87. The highest BCUT2D eigenvalue weighted by Gasteiger charge is 2.53. The molecule has 3 N–H and O–H groups in total. The fraction of sp³-hybridized carbons (Fsp3) is 0.378. The average molecular weight is 676 g/mol. The average Bonchev–Trinajstić information content (AvgIpc) is 3.69. The largest absolute Gasteiger partial charge is 0.490 e. The van der Waals surface area contributed by atoms with E-state index in [1.165, 1.54) is 29.2 Å². The number of amides is 1. The van der Waals surface area contributed by atoms with E-state index >= 15 is 8.78 Å². The molecule has 2 saturated heterocycles. The number of nitrogens with zero attached hydrogens (tertiary/aromatic N) is 1. The maximum absolute atomic E-state index is 16.6. The van der Waals surface area contributed by atoms with E-state index in [2.05, 4.69) is 4.72 Å². The Hall–Kier alpha value is -4.06. The number of piperidine rings is 1. The van der Waals surface area contributed by atoms with Crippen molar-refractivity contribution in [2.75, 3.05) is 0 Å². The lowest BCUT2D eigenvalue weighted by atomic mass is 9.94. The molecule has 7 rings (SSSR count). The number of hydrogen-bond acceptors (Lipinski definition) is 6. The smallest absolute Gasteiger partial charge is 0.298 e. The third kappa shape index (κ3) is 6.63. The molecule has 0 spiro atoms. The van der Waals surface area contributed by atoms with Gasteiger partial charge in [-0.2, -0.15) is 13.5 Å². The molecule has 0 aromatic heterocycles. The standard InChI is InChI=1S/C37H39F2N3O5S/c38-37(39,26-12-17-32(18-13-26)46-30-6-2-1-3-7-30)35(36(43)42-28-14-15-29(42)23-27(40)22-28)41-48(44,45)34-19-11-24-20-33(16-10-25(24)21-34)47-31-8-4-5-9-31/h1-3,6-7,10-13,16-21,27-29,31,35,41H,4-5,8-9,14-15,22-23,40H2/t27?,28?,29?,35-/m1/s1. The fourth-order valence-corrected chi connectivity index (χ4v) is 8.63. The minimum Gasteiger partial charge on any atom is -0.490 e. The van der Waals surface area contributed by atoms with Gasteiger partial charge in [0.2, 0.25) is 15.9 Å². The Morgan fingerprint density at radius 2 is 1.42 bits per heavy atom. The Morgan fingerprint density at radius 1 is 0.812 bits per heavy atom. The van der Waals surface area contributed by atoms with Crippen molar-refractivity contribution in [3.8, 4) is 17.2 Å². The number of ether oxygens (including phenoxy) is 2. The Labute approximate surface area is 279 Å². The molecule has 8 nitrogen and oxygen atoms in total. The van der Waals surface area contributed by atoms with Gasteiger partial charge in [-0.05, 0) is 123 Å². The molecule has 0 radical (unpaired) electrons. The number of nitrogens with two attached hydrogens (primary N) is 1. The second-order valence-corrected chi connectivity index (χ2v) is 14.9. The number of rotatable bonds is 10. The lowest BCUT2D eigenvalue weighted by Crippen LogP contribution is -2.60.